The molecule has 0 amide bonds. The van der Waals surface area contributed by atoms with Gasteiger partial charge in [0.05, 0.1) is 10.0 Å². The van der Waals surface area contributed by atoms with Crippen LogP contribution in [0.4, 0.5) is 0 Å². The van der Waals surface area contributed by atoms with E-state index in [2.05, 4.69) is 0 Å². The fourth-order valence-corrected chi connectivity index (χ4v) is 2.89. The lowest BCUT2D eigenvalue weighted by Gasteiger charge is -2.16. The van der Waals surface area contributed by atoms with Crippen molar-refractivity contribution in [1.29, 1.82) is 0 Å². The van der Waals surface area contributed by atoms with Crippen molar-refractivity contribution in [2.24, 2.45) is 0 Å². The quantitative estimate of drug-likeness (QED) is 0.678. The molecule has 1 atom stereocenters. The molecular weight excluding hydrogens is 347 g/mol. The number of hydrogen-bond acceptors (Lipinski definition) is 2. The van der Waals surface area contributed by atoms with Gasteiger partial charge in [0.1, 0.15) is 5.75 Å². The Hall–Kier alpha value is -2.23. The first-order valence-electron chi connectivity index (χ1n) is 7.36. The normalized spacial score (nSPS) is 12.1. The molecular formula is C19H14Cl2O3. The third-order valence-electron chi connectivity index (χ3n) is 3.71. The van der Waals surface area contributed by atoms with Crippen LogP contribution in [0.1, 0.15) is 5.56 Å². The molecule has 3 aromatic carbocycles. The molecule has 0 saturated heterocycles. The summed E-state index contributed by atoms with van der Waals surface area (Å²) in [6, 6.07) is 18.4. The maximum atomic E-state index is 11.6. The standard InChI is InChI=1S/C19H14Cl2O3/c20-16-7-3-6-14(18(16)21)11-17(19(22)23)24-15-9-8-12-4-1-2-5-13(12)10-15/h1-10,17H,11H2,(H,22,23)/t17-/m0/s1. The number of hydrogen-bond donors (Lipinski definition) is 1. The smallest absolute Gasteiger partial charge is 0.345 e. The molecule has 0 aromatic heterocycles. The molecule has 5 heteroatoms. The highest BCUT2D eigenvalue weighted by Crippen LogP contribution is 2.28. The van der Waals surface area contributed by atoms with Crippen molar-refractivity contribution in [3.05, 3.63) is 76.3 Å². The molecule has 24 heavy (non-hydrogen) atoms. The molecule has 0 saturated carbocycles. The van der Waals surface area contributed by atoms with E-state index in [-0.39, 0.29) is 6.42 Å². The molecule has 0 fully saturated rings. The lowest BCUT2D eigenvalue weighted by atomic mass is 10.1. The predicted molar refractivity (Wildman–Crippen MR) is 96.2 cm³/mol. The second kappa shape index (κ2) is 7.12. The van der Waals surface area contributed by atoms with Crippen LogP contribution in [0.25, 0.3) is 10.8 Å². The molecule has 1 N–H and O–H groups in total. The van der Waals surface area contributed by atoms with E-state index in [1.54, 1.807) is 24.3 Å². The van der Waals surface area contributed by atoms with Crippen LogP contribution in [-0.2, 0) is 11.2 Å². The van der Waals surface area contributed by atoms with Crippen molar-refractivity contribution < 1.29 is 14.6 Å². The maximum absolute atomic E-state index is 11.6. The summed E-state index contributed by atoms with van der Waals surface area (Å²) in [6.45, 7) is 0. The van der Waals surface area contributed by atoms with E-state index >= 15 is 0 Å². The van der Waals surface area contributed by atoms with Crippen LogP contribution in [0.15, 0.2) is 60.7 Å². The lowest BCUT2D eigenvalue weighted by Crippen LogP contribution is -2.29. The van der Waals surface area contributed by atoms with Gasteiger partial charge in [-0.3, -0.25) is 0 Å². The third kappa shape index (κ3) is 3.64. The zero-order valence-electron chi connectivity index (χ0n) is 12.6. The molecule has 0 unspecified atom stereocenters. The van der Waals surface area contributed by atoms with Gasteiger partial charge in [0.2, 0.25) is 0 Å². The predicted octanol–water partition coefficient (Wildman–Crippen LogP) is 5.22. The van der Waals surface area contributed by atoms with Crippen molar-refractivity contribution in [3.8, 4) is 5.75 Å². The van der Waals surface area contributed by atoms with Gasteiger partial charge in [0.25, 0.3) is 0 Å². The summed E-state index contributed by atoms with van der Waals surface area (Å²) in [5, 5.41) is 12.3. The molecule has 0 spiro atoms. The summed E-state index contributed by atoms with van der Waals surface area (Å²) in [4.78, 5) is 11.6. The zero-order chi connectivity index (χ0) is 17.1. The van der Waals surface area contributed by atoms with E-state index in [0.29, 0.717) is 21.4 Å². The fourth-order valence-electron chi connectivity index (χ4n) is 2.49. The Morgan fingerprint density at radius 1 is 1.00 bits per heavy atom. The second-order valence-corrected chi connectivity index (χ2v) is 6.16. The summed E-state index contributed by atoms with van der Waals surface area (Å²) in [6.07, 6.45) is -0.927. The number of carboxylic acid groups (broad SMARTS) is 1. The molecule has 0 aliphatic heterocycles. The minimum absolute atomic E-state index is 0.127. The van der Waals surface area contributed by atoms with Gasteiger partial charge in [0, 0.05) is 6.42 Å². The molecule has 0 bridgehead atoms. The van der Waals surface area contributed by atoms with Crippen LogP contribution >= 0.6 is 23.2 Å². The van der Waals surface area contributed by atoms with E-state index in [0.717, 1.165) is 10.8 Å². The van der Waals surface area contributed by atoms with Crippen LogP contribution in [-0.4, -0.2) is 17.2 Å². The molecule has 3 aromatic rings. The first-order chi connectivity index (χ1) is 11.5. The SMILES string of the molecule is O=C(O)[C@H](Cc1cccc(Cl)c1Cl)Oc1ccc2ccccc2c1. The largest absolute Gasteiger partial charge is 0.478 e. The average Bonchev–Trinajstić information content (AvgIpc) is 2.58. The molecule has 0 aliphatic rings. The van der Waals surface area contributed by atoms with Crippen molar-refractivity contribution in [2.75, 3.05) is 0 Å². The maximum Gasteiger partial charge on any atom is 0.345 e. The lowest BCUT2D eigenvalue weighted by molar-refractivity contribution is -0.145. The molecule has 0 heterocycles. The topological polar surface area (TPSA) is 46.5 Å². The second-order valence-electron chi connectivity index (χ2n) is 5.37. The minimum Gasteiger partial charge on any atom is -0.478 e. The zero-order valence-corrected chi connectivity index (χ0v) is 14.1. The van der Waals surface area contributed by atoms with Gasteiger partial charge in [-0.2, -0.15) is 0 Å². The van der Waals surface area contributed by atoms with Crippen molar-refractivity contribution in [1.82, 2.24) is 0 Å². The average molecular weight is 361 g/mol. The van der Waals surface area contributed by atoms with Crippen molar-refractivity contribution in [3.63, 3.8) is 0 Å². The molecule has 0 radical (unpaired) electrons. The van der Waals surface area contributed by atoms with Gasteiger partial charge in [-0.05, 0) is 34.5 Å². The fraction of sp³-hybridized carbons (Fsp3) is 0.105. The Bertz CT molecular complexity index is 893. The van der Waals surface area contributed by atoms with Crippen LogP contribution in [0, 0.1) is 0 Å². The Morgan fingerprint density at radius 2 is 1.75 bits per heavy atom. The van der Waals surface area contributed by atoms with Crippen LogP contribution < -0.4 is 4.74 Å². The summed E-state index contributed by atoms with van der Waals surface area (Å²) in [5.74, 6) is -0.557. The summed E-state index contributed by atoms with van der Waals surface area (Å²) in [7, 11) is 0. The first kappa shape index (κ1) is 16.6. The first-order valence-corrected chi connectivity index (χ1v) is 8.11. The number of carbonyl (C=O) groups is 1. The van der Waals surface area contributed by atoms with Crippen LogP contribution in [0.2, 0.25) is 10.0 Å². The van der Waals surface area contributed by atoms with Gasteiger partial charge in [-0.1, -0.05) is 65.7 Å². The van der Waals surface area contributed by atoms with Gasteiger partial charge in [0.15, 0.2) is 6.10 Å². The molecule has 3 nitrogen and oxygen atoms in total. The third-order valence-corrected chi connectivity index (χ3v) is 4.57. The van der Waals surface area contributed by atoms with Crippen LogP contribution in [0.3, 0.4) is 0 Å². The number of aliphatic carboxylic acids is 1. The van der Waals surface area contributed by atoms with Gasteiger partial charge < -0.3 is 9.84 Å². The Morgan fingerprint density at radius 3 is 2.50 bits per heavy atom. The highest BCUT2D eigenvalue weighted by molar-refractivity contribution is 6.42. The number of ether oxygens (including phenoxy) is 1. The Balaban J connectivity index is 1.85. The number of halogens is 2. The molecule has 122 valence electrons. The Labute approximate surface area is 149 Å². The summed E-state index contributed by atoms with van der Waals surface area (Å²) >= 11 is 12.1. The van der Waals surface area contributed by atoms with E-state index in [1.807, 2.05) is 36.4 Å². The van der Waals surface area contributed by atoms with Crippen molar-refractivity contribution in [2.45, 2.75) is 12.5 Å². The number of rotatable bonds is 5. The van der Waals surface area contributed by atoms with Crippen molar-refractivity contribution >= 4 is 39.9 Å². The van der Waals surface area contributed by atoms with Gasteiger partial charge in [-0.15, -0.1) is 0 Å². The van der Waals surface area contributed by atoms with E-state index < -0.39 is 12.1 Å². The minimum atomic E-state index is -1.06. The highest BCUT2D eigenvalue weighted by atomic mass is 35.5. The summed E-state index contributed by atoms with van der Waals surface area (Å²) < 4.78 is 5.68. The summed E-state index contributed by atoms with van der Waals surface area (Å²) in [5.41, 5.74) is 0.636. The van der Waals surface area contributed by atoms with E-state index in [9.17, 15) is 9.90 Å². The number of carboxylic acids is 1. The highest BCUT2D eigenvalue weighted by Gasteiger charge is 2.22. The van der Waals surface area contributed by atoms with E-state index in [1.165, 1.54) is 0 Å². The number of benzene rings is 3. The monoisotopic (exact) mass is 360 g/mol. The van der Waals surface area contributed by atoms with Gasteiger partial charge >= 0.3 is 5.97 Å². The Kier molecular flexibility index (Phi) is 4.93. The molecule has 3 rings (SSSR count). The molecule has 0 aliphatic carbocycles. The van der Waals surface area contributed by atoms with Gasteiger partial charge in [-0.25, -0.2) is 4.79 Å². The van der Waals surface area contributed by atoms with Crippen LogP contribution in [0.5, 0.6) is 5.75 Å². The van der Waals surface area contributed by atoms with E-state index in [4.69, 9.17) is 27.9 Å². The number of fused-ring (bicyclic) bond motifs is 1.